The fourth-order valence-electron chi connectivity index (χ4n) is 3.89. The summed E-state index contributed by atoms with van der Waals surface area (Å²) < 4.78 is 2.00. The lowest BCUT2D eigenvalue weighted by molar-refractivity contribution is -0.135. The van der Waals surface area contributed by atoms with E-state index in [0.29, 0.717) is 28.8 Å². The quantitative estimate of drug-likeness (QED) is 0.255. The number of para-hydroxylation sites is 1. The number of hydrogen-bond donors (Lipinski definition) is 3. The molecule has 0 saturated carbocycles. The van der Waals surface area contributed by atoms with Crippen LogP contribution in [0.1, 0.15) is 27.3 Å². The van der Waals surface area contributed by atoms with Crippen LogP contribution in [0, 0.1) is 5.41 Å². The minimum Gasteiger partial charge on any atom is -0.480 e. The smallest absolute Gasteiger partial charge is 0.323 e. The van der Waals surface area contributed by atoms with Gasteiger partial charge in [-0.1, -0.05) is 42.5 Å². The van der Waals surface area contributed by atoms with Crippen molar-refractivity contribution in [1.29, 1.82) is 5.41 Å². The van der Waals surface area contributed by atoms with Crippen LogP contribution in [0.25, 0.3) is 11.0 Å². The van der Waals surface area contributed by atoms with Crippen LogP contribution in [0.3, 0.4) is 0 Å². The number of nitrogen functional groups attached to an aromatic ring is 1. The number of carbonyl (C=O) groups excluding carboxylic acids is 1. The molecule has 180 valence electrons. The Balaban J connectivity index is 0.00000342. The molecule has 0 aliphatic carbocycles. The molecular formula is C26H26ClN5O3. The van der Waals surface area contributed by atoms with E-state index in [0.717, 1.165) is 23.3 Å². The number of hydrogen-bond acceptors (Lipinski definition) is 4. The van der Waals surface area contributed by atoms with Gasteiger partial charge in [-0.2, -0.15) is 0 Å². The average Bonchev–Trinajstić information content (AvgIpc) is 3.16. The van der Waals surface area contributed by atoms with Crippen LogP contribution in [0.2, 0.25) is 0 Å². The third kappa shape index (κ3) is 5.67. The van der Waals surface area contributed by atoms with E-state index < -0.39 is 18.4 Å². The van der Waals surface area contributed by atoms with E-state index in [9.17, 15) is 14.7 Å². The predicted octanol–water partition coefficient (Wildman–Crippen LogP) is 3.80. The van der Waals surface area contributed by atoms with Gasteiger partial charge in [-0.3, -0.25) is 19.9 Å². The summed E-state index contributed by atoms with van der Waals surface area (Å²) in [4.78, 5) is 30.6. The molecule has 0 spiro atoms. The van der Waals surface area contributed by atoms with Crippen molar-refractivity contribution in [2.24, 2.45) is 12.8 Å². The van der Waals surface area contributed by atoms with Crippen molar-refractivity contribution < 1.29 is 14.7 Å². The van der Waals surface area contributed by atoms with E-state index in [4.69, 9.17) is 16.1 Å². The number of benzene rings is 3. The summed E-state index contributed by atoms with van der Waals surface area (Å²) in [6.45, 7) is -0.434. The van der Waals surface area contributed by atoms with Crippen LogP contribution in [-0.2, 0) is 24.7 Å². The predicted molar refractivity (Wildman–Crippen MR) is 139 cm³/mol. The van der Waals surface area contributed by atoms with Crippen LogP contribution in [0.15, 0.2) is 72.8 Å². The Morgan fingerprint density at radius 2 is 1.66 bits per heavy atom. The van der Waals surface area contributed by atoms with Gasteiger partial charge in [0.1, 0.15) is 18.2 Å². The number of aliphatic carboxylic acids is 1. The molecule has 3 aromatic carbocycles. The highest BCUT2D eigenvalue weighted by Gasteiger charge is 2.21. The van der Waals surface area contributed by atoms with E-state index in [2.05, 4.69) is 0 Å². The first-order valence-corrected chi connectivity index (χ1v) is 10.8. The van der Waals surface area contributed by atoms with Crippen LogP contribution in [0.5, 0.6) is 0 Å². The van der Waals surface area contributed by atoms with E-state index in [1.165, 1.54) is 4.90 Å². The Kier molecular flexibility index (Phi) is 7.88. The minimum absolute atomic E-state index is 0. The molecule has 35 heavy (non-hydrogen) atoms. The van der Waals surface area contributed by atoms with Gasteiger partial charge in [-0.15, -0.1) is 12.4 Å². The summed E-state index contributed by atoms with van der Waals surface area (Å²) >= 11 is 0. The standard InChI is InChI=1S/C26H25N5O3.ClH/c1-30-22-13-12-19(26(34)31(16-24(32)33)20-5-3-2-4-6-20)15-21(22)29-23(30)14-9-17-7-10-18(11-8-17)25(27)28;/h2-8,10-13,15H,9,14,16H2,1H3,(H3,27,28)(H,32,33);1H. The number of aryl methyl sites for hydroxylation is 3. The minimum atomic E-state index is -1.09. The molecule has 0 aliphatic heterocycles. The number of rotatable bonds is 8. The number of halogens is 1. The van der Waals surface area contributed by atoms with Crippen molar-refractivity contribution in [2.75, 3.05) is 11.4 Å². The summed E-state index contributed by atoms with van der Waals surface area (Å²) in [5, 5.41) is 16.8. The zero-order valence-electron chi connectivity index (χ0n) is 19.1. The molecule has 4 aromatic rings. The maximum Gasteiger partial charge on any atom is 0.323 e. The van der Waals surface area contributed by atoms with Crippen molar-refractivity contribution in [1.82, 2.24) is 9.55 Å². The summed E-state index contributed by atoms with van der Waals surface area (Å²) in [7, 11) is 1.94. The number of carboxylic acid groups (broad SMARTS) is 1. The zero-order valence-corrected chi connectivity index (χ0v) is 20.0. The highest BCUT2D eigenvalue weighted by Crippen LogP contribution is 2.22. The van der Waals surface area contributed by atoms with E-state index in [-0.39, 0.29) is 18.2 Å². The third-order valence-electron chi connectivity index (χ3n) is 5.73. The number of nitrogens with one attached hydrogen (secondary N) is 1. The number of carbonyl (C=O) groups is 2. The second-order valence-corrected chi connectivity index (χ2v) is 8.02. The van der Waals surface area contributed by atoms with Crippen molar-refractivity contribution in [3.05, 3.63) is 95.3 Å². The second kappa shape index (κ2) is 10.8. The summed E-state index contributed by atoms with van der Waals surface area (Å²) in [5.41, 5.74) is 9.79. The first kappa shape index (κ1) is 25.5. The van der Waals surface area contributed by atoms with Crippen LogP contribution < -0.4 is 10.6 Å². The maximum atomic E-state index is 13.2. The highest BCUT2D eigenvalue weighted by atomic mass is 35.5. The first-order valence-electron chi connectivity index (χ1n) is 10.8. The van der Waals surface area contributed by atoms with Gasteiger partial charge < -0.3 is 15.4 Å². The molecule has 1 heterocycles. The lowest BCUT2D eigenvalue weighted by Crippen LogP contribution is -2.35. The fourth-order valence-corrected chi connectivity index (χ4v) is 3.89. The molecule has 4 rings (SSSR count). The van der Waals surface area contributed by atoms with Crippen LogP contribution in [-0.4, -0.2) is 38.9 Å². The van der Waals surface area contributed by atoms with E-state index in [1.54, 1.807) is 36.4 Å². The number of imidazole rings is 1. The van der Waals surface area contributed by atoms with Gasteiger partial charge in [-0.25, -0.2) is 4.98 Å². The maximum absolute atomic E-state index is 13.2. The highest BCUT2D eigenvalue weighted by molar-refractivity contribution is 6.09. The van der Waals surface area contributed by atoms with Gasteiger partial charge in [-0.05, 0) is 42.3 Å². The van der Waals surface area contributed by atoms with Gasteiger partial charge in [0.2, 0.25) is 0 Å². The molecule has 1 aromatic heterocycles. The van der Waals surface area contributed by atoms with Crippen molar-refractivity contribution in [2.45, 2.75) is 12.8 Å². The van der Waals surface area contributed by atoms with Gasteiger partial charge in [0.25, 0.3) is 5.91 Å². The monoisotopic (exact) mass is 491 g/mol. The first-order chi connectivity index (χ1) is 16.3. The lowest BCUT2D eigenvalue weighted by atomic mass is 10.1. The molecule has 8 nitrogen and oxygen atoms in total. The molecule has 4 N–H and O–H groups in total. The molecule has 0 radical (unpaired) electrons. The molecule has 0 saturated heterocycles. The van der Waals surface area contributed by atoms with Crippen LogP contribution >= 0.6 is 12.4 Å². The molecule has 0 atom stereocenters. The molecule has 0 bridgehead atoms. The van der Waals surface area contributed by atoms with Crippen LogP contribution in [0.4, 0.5) is 5.69 Å². The van der Waals surface area contributed by atoms with Crippen molar-refractivity contribution in [3.8, 4) is 0 Å². The Morgan fingerprint density at radius 1 is 1.00 bits per heavy atom. The number of nitrogens with two attached hydrogens (primary N) is 1. The lowest BCUT2D eigenvalue weighted by Gasteiger charge is -2.21. The number of aromatic nitrogens is 2. The molecule has 0 unspecified atom stereocenters. The SMILES string of the molecule is Cl.Cn1c(CCc2ccc(C(=N)N)cc2)nc2cc(C(=O)N(CC(=O)O)c3ccccc3)ccc21. The number of carboxylic acids is 1. The average molecular weight is 492 g/mol. The summed E-state index contributed by atoms with van der Waals surface area (Å²) in [6.07, 6.45) is 1.46. The summed E-state index contributed by atoms with van der Waals surface area (Å²) in [6, 6.07) is 21.6. The number of fused-ring (bicyclic) bond motifs is 1. The Bertz CT molecular complexity index is 1370. The van der Waals surface area contributed by atoms with Crippen molar-refractivity contribution in [3.63, 3.8) is 0 Å². The second-order valence-electron chi connectivity index (χ2n) is 8.02. The van der Waals surface area contributed by atoms with Gasteiger partial charge in [0.15, 0.2) is 0 Å². The van der Waals surface area contributed by atoms with Gasteiger partial charge in [0.05, 0.1) is 11.0 Å². The molecule has 0 aliphatic rings. The zero-order chi connectivity index (χ0) is 24.2. The number of amides is 1. The summed E-state index contributed by atoms with van der Waals surface area (Å²) in [5.74, 6) is -0.565. The number of amidine groups is 1. The molecule has 9 heteroatoms. The third-order valence-corrected chi connectivity index (χ3v) is 5.73. The molecule has 0 fully saturated rings. The van der Waals surface area contributed by atoms with Gasteiger partial charge in [0, 0.05) is 30.3 Å². The number of nitrogens with zero attached hydrogens (tertiary/aromatic N) is 3. The van der Waals surface area contributed by atoms with Crippen molar-refractivity contribution >= 4 is 46.8 Å². The van der Waals surface area contributed by atoms with Gasteiger partial charge >= 0.3 is 5.97 Å². The van der Waals surface area contributed by atoms with E-state index >= 15 is 0 Å². The Labute approximate surface area is 208 Å². The molecule has 1 amide bonds. The molecular weight excluding hydrogens is 466 g/mol. The Hall–Kier alpha value is -4.17. The normalized spacial score (nSPS) is 10.5. The topological polar surface area (TPSA) is 125 Å². The fraction of sp³-hybridized carbons (Fsp3) is 0.154. The number of anilines is 1. The largest absolute Gasteiger partial charge is 0.480 e. The Morgan fingerprint density at radius 3 is 2.29 bits per heavy atom. The van der Waals surface area contributed by atoms with E-state index in [1.807, 2.05) is 48.0 Å².